The number of nitrogens with one attached hydrogen (secondary N) is 1. The number of hydrogen-bond donors (Lipinski definition) is 1. The number of aryl methyl sites for hydroxylation is 2. The fourth-order valence-corrected chi connectivity index (χ4v) is 4.21. The van der Waals surface area contributed by atoms with Gasteiger partial charge in [-0.2, -0.15) is 0 Å². The third-order valence-corrected chi connectivity index (χ3v) is 5.49. The van der Waals surface area contributed by atoms with Crippen LogP contribution in [0.25, 0.3) is 0 Å². The fraction of sp³-hybridized carbons (Fsp3) is 0.812. The number of thiazole rings is 1. The zero-order chi connectivity index (χ0) is 14.5. The summed E-state index contributed by atoms with van der Waals surface area (Å²) in [5.41, 5.74) is 1.22. The third kappa shape index (κ3) is 4.03. The van der Waals surface area contributed by atoms with Crippen LogP contribution >= 0.6 is 11.3 Å². The van der Waals surface area contributed by atoms with Gasteiger partial charge in [-0.3, -0.25) is 4.90 Å². The Kier molecular flexibility index (Phi) is 6.00. The molecule has 4 heteroatoms. The molecule has 0 aromatic carbocycles. The second-order valence-electron chi connectivity index (χ2n) is 6.00. The number of nitrogens with zero attached hydrogens (tertiary/aromatic N) is 2. The first kappa shape index (κ1) is 15.9. The lowest BCUT2D eigenvalue weighted by molar-refractivity contribution is 0.177. The molecule has 1 aliphatic heterocycles. The van der Waals surface area contributed by atoms with Gasteiger partial charge in [0.25, 0.3) is 0 Å². The summed E-state index contributed by atoms with van der Waals surface area (Å²) in [5.74, 6) is 0. The zero-order valence-electron chi connectivity index (χ0n) is 13.4. The number of hydrogen-bond acceptors (Lipinski definition) is 4. The average molecular weight is 295 g/mol. The van der Waals surface area contributed by atoms with Crippen molar-refractivity contribution in [2.75, 3.05) is 19.6 Å². The molecule has 0 bridgehead atoms. The van der Waals surface area contributed by atoms with Crippen molar-refractivity contribution in [3.8, 4) is 0 Å². The van der Waals surface area contributed by atoms with Gasteiger partial charge in [-0.05, 0) is 53.1 Å². The molecule has 2 unspecified atom stereocenters. The van der Waals surface area contributed by atoms with E-state index in [4.69, 9.17) is 0 Å². The van der Waals surface area contributed by atoms with Crippen molar-refractivity contribution in [3.63, 3.8) is 0 Å². The Balaban J connectivity index is 2.04. The normalized spacial score (nSPS) is 21.4. The van der Waals surface area contributed by atoms with E-state index < -0.39 is 0 Å². The summed E-state index contributed by atoms with van der Waals surface area (Å²) in [4.78, 5) is 8.69. The summed E-state index contributed by atoms with van der Waals surface area (Å²) in [6, 6.07) is 1.16. The molecule has 2 rings (SSSR count). The molecule has 0 saturated carbocycles. The van der Waals surface area contributed by atoms with Crippen molar-refractivity contribution in [3.05, 3.63) is 15.6 Å². The summed E-state index contributed by atoms with van der Waals surface area (Å²) < 4.78 is 0. The van der Waals surface area contributed by atoms with Crippen LogP contribution in [0.3, 0.4) is 0 Å². The highest BCUT2D eigenvalue weighted by Crippen LogP contribution is 2.29. The summed E-state index contributed by atoms with van der Waals surface area (Å²) in [6.07, 6.45) is 5.26. The van der Waals surface area contributed by atoms with Gasteiger partial charge in [-0.15, -0.1) is 11.3 Å². The van der Waals surface area contributed by atoms with E-state index in [-0.39, 0.29) is 0 Å². The molecule has 2 heterocycles. The molecule has 114 valence electrons. The lowest BCUT2D eigenvalue weighted by Gasteiger charge is -2.34. The van der Waals surface area contributed by atoms with E-state index in [1.807, 2.05) is 11.3 Å². The Labute approximate surface area is 127 Å². The second-order valence-corrected chi connectivity index (χ2v) is 7.24. The van der Waals surface area contributed by atoms with Gasteiger partial charge in [0.15, 0.2) is 0 Å². The van der Waals surface area contributed by atoms with Crippen LogP contribution < -0.4 is 5.32 Å². The van der Waals surface area contributed by atoms with Gasteiger partial charge in [0.05, 0.1) is 10.7 Å². The van der Waals surface area contributed by atoms with E-state index in [2.05, 4.69) is 42.9 Å². The Morgan fingerprint density at radius 3 is 2.75 bits per heavy atom. The lowest BCUT2D eigenvalue weighted by Crippen LogP contribution is -2.44. The SMILES string of the molecule is CCCN(CC1CCCCN1)C(C)c1sc(C)nc1C. The molecule has 2 atom stereocenters. The molecular formula is C16H29N3S. The Hall–Kier alpha value is -0.450. The first-order chi connectivity index (χ1) is 9.61. The molecule has 20 heavy (non-hydrogen) atoms. The molecule has 1 aliphatic rings. The average Bonchev–Trinajstić information content (AvgIpc) is 2.77. The molecule has 1 aromatic heterocycles. The van der Waals surface area contributed by atoms with Crippen LogP contribution in [-0.4, -0.2) is 35.6 Å². The number of aromatic nitrogens is 1. The van der Waals surface area contributed by atoms with Gasteiger partial charge in [-0.1, -0.05) is 13.3 Å². The van der Waals surface area contributed by atoms with Crippen LogP contribution in [0.1, 0.15) is 61.2 Å². The van der Waals surface area contributed by atoms with E-state index >= 15 is 0 Å². The quantitative estimate of drug-likeness (QED) is 0.868. The molecule has 0 amide bonds. The van der Waals surface area contributed by atoms with Crippen molar-refractivity contribution in [1.29, 1.82) is 0 Å². The van der Waals surface area contributed by atoms with E-state index in [1.54, 1.807) is 0 Å². The van der Waals surface area contributed by atoms with Gasteiger partial charge in [-0.25, -0.2) is 4.98 Å². The van der Waals surface area contributed by atoms with Crippen molar-refractivity contribution < 1.29 is 0 Å². The van der Waals surface area contributed by atoms with Crippen molar-refractivity contribution in [2.45, 2.75) is 65.5 Å². The highest BCUT2D eigenvalue weighted by Gasteiger charge is 2.23. The third-order valence-electron chi connectivity index (χ3n) is 4.24. The molecule has 1 fully saturated rings. The topological polar surface area (TPSA) is 28.2 Å². The van der Waals surface area contributed by atoms with Crippen molar-refractivity contribution in [2.24, 2.45) is 0 Å². The maximum Gasteiger partial charge on any atom is 0.0900 e. The van der Waals surface area contributed by atoms with Crippen LogP contribution in [0, 0.1) is 13.8 Å². The summed E-state index contributed by atoms with van der Waals surface area (Å²) in [7, 11) is 0. The van der Waals surface area contributed by atoms with Crippen molar-refractivity contribution in [1.82, 2.24) is 15.2 Å². The Morgan fingerprint density at radius 1 is 1.40 bits per heavy atom. The summed E-state index contributed by atoms with van der Waals surface area (Å²) >= 11 is 1.87. The minimum absolute atomic E-state index is 0.491. The van der Waals surface area contributed by atoms with Gasteiger partial charge in [0.1, 0.15) is 0 Å². The first-order valence-electron chi connectivity index (χ1n) is 8.03. The molecule has 1 N–H and O–H groups in total. The monoisotopic (exact) mass is 295 g/mol. The van der Waals surface area contributed by atoms with Gasteiger partial charge >= 0.3 is 0 Å². The molecule has 0 spiro atoms. The van der Waals surface area contributed by atoms with Gasteiger partial charge in [0.2, 0.25) is 0 Å². The van der Waals surface area contributed by atoms with E-state index in [0.29, 0.717) is 12.1 Å². The predicted octanol–water partition coefficient (Wildman–Crippen LogP) is 3.68. The maximum atomic E-state index is 4.60. The second kappa shape index (κ2) is 7.53. The lowest BCUT2D eigenvalue weighted by atomic mass is 10.0. The van der Waals surface area contributed by atoms with Crippen LogP contribution in [-0.2, 0) is 0 Å². The van der Waals surface area contributed by atoms with Crippen LogP contribution in [0.15, 0.2) is 0 Å². The molecule has 3 nitrogen and oxygen atoms in total. The van der Waals surface area contributed by atoms with Gasteiger partial charge in [0, 0.05) is 23.5 Å². The van der Waals surface area contributed by atoms with E-state index in [1.165, 1.54) is 60.9 Å². The number of rotatable bonds is 6. The zero-order valence-corrected chi connectivity index (χ0v) is 14.2. The standard InChI is InChI=1S/C16H29N3S/c1-5-10-19(11-15-8-6-7-9-17-15)13(3)16-12(2)18-14(4)20-16/h13,15,17H,5-11H2,1-4H3. The molecular weight excluding hydrogens is 266 g/mol. The Bertz CT molecular complexity index is 410. The largest absolute Gasteiger partial charge is 0.313 e. The van der Waals surface area contributed by atoms with Crippen LogP contribution in [0.2, 0.25) is 0 Å². The van der Waals surface area contributed by atoms with E-state index in [0.717, 1.165) is 0 Å². The first-order valence-corrected chi connectivity index (χ1v) is 8.84. The highest BCUT2D eigenvalue weighted by molar-refractivity contribution is 7.11. The Morgan fingerprint density at radius 2 is 2.20 bits per heavy atom. The minimum Gasteiger partial charge on any atom is -0.313 e. The molecule has 0 aliphatic carbocycles. The van der Waals surface area contributed by atoms with Crippen LogP contribution in [0.4, 0.5) is 0 Å². The van der Waals surface area contributed by atoms with E-state index in [9.17, 15) is 0 Å². The van der Waals surface area contributed by atoms with Crippen LogP contribution in [0.5, 0.6) is 0 Å². The smallest absolute Gasteiger partial charge is 0.0900 e. The van der Waals surface area contributed by atoms with Crippen molar-refractivity contribution >= 4 is 11.3 Å². The highest BCUT2D eigenvalue weighted by atomic mass is 32.1. The molecule has 0 radical (unpaired) electrons. The summed E-state index contributed by atoms with van der Waals surface area (Å²) in [5, 5.41) is 4.87. The number of piperidine rings is 1. The summed E-state index contributed by atoms with van der Waals surface area (Å²) in [6.45, 7) is 12.4. The predicted molar refractivity (Wildman–Crippen MR) is 87.5 cm³/mol. The minimum atomic E-state index is 0.491. The fourth-order valence-electron chi connectivity index (χ4n) is 3.19. The molecule has 1 aromatic rings. The maximum absolute atomic E-state index is 4.60. The molecule has 1 saturated heterocycles. The van der Waals surface area contributed by atoms with Gasteiger partial charge < -0.3 is 5.32 Å².